The number of carbonyl (C=O) groups excluding carboxylic acids is 1. The highest BCUT2D eigenvalue weighted by molar-refractivity contribution is 6.40. The molecule has 4 rings (SSSR count). The van der Waals surface area contributed by atoms with Gasteiger partial charge in [-0.3, -0.25) is 14.2 Å². The summed E-state index contributed by atoms with van der Waals surface area (Å²) >= 11 is 0. The van der Waals surface area contributed by atoms with E-state index in [1.54, 1.807) is 48.6 Å². The second kappa shape index (κ2) is 8.18. The van der Waals surface area contributed by atoms with Crippen molar-refractivity contribution in [2.24, 2.45) is 5.73 Å². The topological polar surface area (TPSA) is 115 Å². The SMILES string of the molecule is C[B]N(C)c1cc(N(C)c2cccn(-c3ccc(C)cn3)c2=O)nn2c(C(N)=O)cnc12. The fourth-order valence-corrected chi connectivity index (χ4v) is 3.31. The molecule has 0 bridgehead atoms. The molecule has 4 aromatic rings. The third kappa shape index (κ3) is 3.57. The number of hydrogen-bond donors (Lipinski definition) is 1. The fourth-order valence-electron chi connectivity index (χ4n) is 3.31. The van der Waals surface area contributed by atoms with Crippen molar-refractivity contribution in [3.8, 4) is 5.82 Å². The van der Waals surface area contributed by atoms with Gasteiger partial charge in [-0.15, -0.1) is 5.10 Å². The predicted octanol–water partition coefficient (Wildman–Crippen LogP) is 1.55. The number of primary amides is 1. The van der Waals surface area contributed by atoms with E-state index in [4.69, 9.17) is 5.73 Å². The number of nitrogens with two attached hydrogens (primary N) is 1. The van der Waals surface area contributed by atoms with Crippen molar-refractivity contribution in [3.05, 3.63) is 70.5 Å². The maximum atomic E-state index is 13.3. The standard InChI is InChI=1S/C21H22BN8O2/c1-13-7-8-17(24-11-13)29-9-5-6-14(21(29)32)27(3)18-10-15(28(4)22-2)20-25-12-16(19(23)31)30(20)26-18/h5-12H,1-4H3,(H2,23,31). The van der Waals surface area contributed by atoms with E-state index in [9.17, 15) is 9.59 Å². The molecular weight excluding hydrogens is 407 g/mol. The first kappa shape index (κ1) is 21.1. The van der Waals surface area contributed by atoms with Crippen LogP contribution in [0.3, 0.4) is 0 Å². The Bertz CT molecular complexity index is 1360. The molecule has 0 atom stereocenters. The second-order valence-electron chi connectivity index (χ2n) is 7.32. The van der Waals surface area contributed by atoms with Crippen molar-refractivity contribution < 1.29 is 4.79 Å². The number of anilines is 3. The number of pyridine rings is 2. The van der Waals surface area contributed by atoms with Gasteiger partial charge in [0.15, 0.2) is 11.5 Å². The van der Waals surface area contributed by atoms with Crippen LogP contribution < -0.4 is 21.0 Å². The van der Waals surface area contributed by atoms with Crippen molar-refractivity contribution in [1.29, 1.82) is 0 Å². The smallest absolute Gasteiger partial charge is 0.280 e. The van der Waals surface area contributed by atoms with Gasteiger partial charge >= 0.3 is 0 Å². The lowest BCUT2D eigenvalue weighted by Crippen LogP contribution is -2.28. The molecule has 0 saturated carbocycles. The van der Waals surface area contributed by atoms with E-state index in [1.165, 1.54) is 15.3 Å². The third-order valence-electron chi connectivity index (χ3n) is 5.23. The molecule has 0 saturated heterocycles. The van der Waals surface area contributed by atoms with Crippen molar-refractivity contribution in [2.45, 2.75) is 13.7 Å². The molecule has 0 aliphatic rings. The Morgan fingerprint density at radius 2 is 1.91 bits per heavy atom. The molecule has 0 spiro atoms. The number of nitrogens with zero attached hydrogens (tertiary/aromatic N) is 7. The second-order valence-corrected chi connectivity index (χ2v) is 7.32. The number of fused-ring (bicyclic) bond motifs is 1. The summed E-state index contributed by atoms with van der Waals surface area (Å²) in [5, 5.41) is 4.54. The van der Waals surface area contributed by atoms with Crippen LogP contribution in [-0.2, 0) is 0 Å². The van der Waals surface area contributed by atoms with Crippen LogP contribution in [-0.4, -0.2) is 51.6 Å². The maximum absolute atomic E-state index is 13.3. The Kier molecular flexibility index (Phi) is 5.39. The van der Waals surface area contributed by atoms with E-state index in [0.29, 0.717) is 28.7 Å². The molecule has 0 aromatic carbocycles. The van der Waals surface area contributed by atoms with Gasteiger partial charge in [0.05, 0.1) is 11.9 Å². The van der Waals surface area contributed by atoms with Crippen LogP contribution in [0.15, 0.2) is 53.7 Å². The highest BCUT2D eigenvalue weighted by atomic mass is 16.1. The van der Waals surface area contributed by atoms with E-state index in [0.717, 1.165) is 5.56 Å². The normalized spacial score (nSPS) is 10.9. The number of imidazole rings is 1. The summed E-state index contributed by atoms with van der Waals surface area (Å²) in [6, 6.07) is 8.96. The third-order valence-corrected chi connectivity index (χ3v) is 5.23. The molecule has 32 heavy (non-hydrogen) atoms. The van der Waals surface area contributed by atoms with Gasteiger partial charge in [0.2, 0.25) is 7.41 Å². The number of aromatic nitrogens is 5. The first-order valence-corrected chi connectivity index (χ1v) is 9.91. The molecular formula is C21H22BN8O2. The van der Waals surface area contributed by atoms with Crippen LogP contribution in [0.25, 0.3) is 11.5 Å². The van der Waals surface area contributed by atoms with Gasteiger partial charge in [-0.1, -0.05) is 12.9 Å². The van der Waals surface area contributed by atoms with E-state index in [1.807, 2.05) is 39.1 Å². The minimum absolute atomic E-state index is 0.148. The minimum Gasteiger partial charge on any atom is -0.419 e. The van der Waals surface area contributed by atoms with Gasteiger partial charge < -0.3 is 15.4 Å². The van der Waals surface area contributed by atoms with E-state index in [-0.39, 0.29) is 11.3 Å². The summed E-state index contributed by atoms with van der Waals surface area (Å²) in [5.74, 6) is 0.311. The molecule has 0 aliphatic carbocycles. The molecule has 0 unspecified atom stereocenters. The van der Waals surface area contributed by atoms with Crippen LogP contribution >= 0.6 is 0 Å². The summed E-state index contributed by atoms with van der Waals surface area (Å²) in [6.45, 7) is 3.81. The summed E-state index contributed by atoms with van der Waals surface area (Å²) in [4.78, 5) is 37.3. The lowest BCUT2D eigenvalue weighted by atomic mass is 9.96. The fraction of sp³-hybridized carbons (Fsp3) is 0.190. The average Bonchev–Trinajstić information content (AvgIpc) is 3.22. The largest absolute Gasteiger partial charge is 0.419 e. The minimum atomic E-state index is -0.647. The molecule has 0 aliphatic heterocycles. The summed E-state index contributed by atoms with van der Waals surface area (Å²) in [6.07, 6.45) is 4.77. The Labute approximate surface area is 185 Å². The van der Waals surface area contributed by atoms with Gasteiger partial charge in [-0.05, 0) is 37.7 Å². The van der Waals surface area contributed by atoms with Gasteiger partial charge in [0.1, 0.15) is 17.2 Å². The summed E-state index contributed by atoms with van der Waals surface area (Å²) < 4.78 is 2.87. The Morgan fingerprint density at radius 3 is 2.56 bits per heavy atom. The molecule has 0 fully saturated rings. The Balaban J connectivity index is 1.87. The highest BCUT2D eigenvalue weighted by Gasteiger charge is 2.20. The zero-order chi connectivity index (χ0) is 23.0. The molecule has 2 N–H and O–H groups in total. The van der Waals surface area contributed by atoms with Crippen molar-refractivity contribution >= 4 is 36.2 Å². The number of aryl methyl sites for hydroxylation is 1. The molecule has 10 nitrogen and oxygen atoms in total. The molecule has 11 heteroatoms. The first-order chi connectivity index (χ1) is 15.3. The van der Waals surface area contributed by atoms with Crippen LogP contribution in [0, 0.1) is 6.92 Å². The van der Waals surface area contributed by atoms with E-state index in [2.05, 4.69) is 15.1 Å². The summed E-state index contributed by atoms with van der Waals surface area (Å²) in [7, 11) is 5.45. The van der Waals surface area contributed by atoms with Gasteiger partial charge in [-0.2, -0.15) is 0 Å². The quantitative estimate of drug-likeness (QED) is 0.463. The van der Waals surface area contributed by atoms with E-state index >= 15 is 0 Å². The number of rotatable bonds is 6. The van der Waals surface area contributed by atoms with Crippen molar-refractivity contribution in [2.75, 3.05) is 23.8 Å². The average molecular weight is 429 g/mol. The predicted molar refractivity (Wildman–Crippen MR) is 124 cm³/mol. The Morgan fingerprint density at radius 1 is 1.12 bits per heavy atom. The molecule has 1 radical (unpaired) electrons. The van der Waals surface area contributed by atoms with Crippen LogP contribution in [0.4, 0.5) is 17.2 Å². The van der Waals surface area contributed by atoms with Gasteiger partial charge in [0.25, 0.3) is 11.5 Å². The number of amides is 1. The monoisotopic (exact) mass is 429 g/mol. The zero-order valence-corrected chi connectivity index (χ0v) is 18.2. The highest BCUT2D eigenvalue weighted by Crippen LogP contribution is 2.27. The van der Waals surface area contributed by atoms with Crippen LogP contribution in [0.1, 0.15) is 16.1 Å². The number of carbonyl (C=O) groups is 1. The summed E-state index contributed by atoms with van der Waals surface area (Å²) in [5.41, 5.74) is 7.96. The van der Waals surface area contributed by atoms with E-state index < -0.39 is 5.91 Å². The molecule has 161 valence electrons. The van der Waals surface area contributed by atoms with Gasteiger partial charge in [-0.25, -0.2) is 14.5 Å². The van der Waals surface area contributed by atoms with Crippen LogP contribution in [0.2, 0.25) is 6.82 Å². The first-order valence-electron chi connectivity index (χ1n) is 9.91. The maximum Gasteiger partial charge on any atom is 0.280 e. The molecule has 4 heterocycles. The zero-order valence-electron chi connectivity index (χ0n) is 18.2. The number of hydrogen-bond acceptors (Lipinski definition) is 7. The Hall–Kier alpha value is -4.15. The van der Waals surface area contributed by atoms with Crippen molar-refractivity contribution in [1.82, 2.24) is 24.1 Å². The lowest BCUT2D eigenvalue weighted by molar-refractivity contribution is 0.0993. The molecule has 1 amide bonds. The lowest BCUT2D eigenvalue weighted by Gasteiger charge is -2.23. The molecule has 4 aromatic heterocycles. The van der Waals surface area contributed by atoms with Crippen LogP contribution in [0.5, 0.6) is 0 Å². The van der Waals surface area contributed by atoms with Crippen molar-refractivity contribution in [3.63, 3.8) is 0 Å². The van der Waals surface area contributed by atoms with Gasteiger partial charge in [0, 0.05) is 25.5 Å².